The highest BCUT2D eigenvalue weighted by atomic mass is 127. The van der Waals surface area contributed by atoms with Gasteiger partial charge in [0.15, 0.2) is 0 Å². The van der Waals surface area contributed by atoms with Crippen LogP contribution in [0.2, 0.25) is 5.02 Å². The van der Waals surface area contributed by atoms with E-state index in [0.717, 1.165) is 3.57 Å². The summed E-state index contributed by atoms with van der Waals surface area (Å²) in [4.78, 5) is 15.2. The lowest BCUT2D eigenvalue weighted by Crippen LogP contribution is -1.98. The summed E-state index contributed by atoms with van der Waals surface area (Å²) in [6, 6.07) is 5.33. The molecule has 0 atom stereocenters. The molecule has 0 aliphatic carbocycles. The average Bonchev–Trinajstić information content (AvgIpc) is 2.77. The lowest BCUT2D eigenvalue weighted by atomic mass is 10.2. The number of nitrogens with zero attached hydrogens (tertiary/aromatic N) is 1. The van der Waals surface area contributed by atoms with E-state index in [2.05, 4.69) is 27.6 Å². The highest BCUT2D eigenvalue weighted by Gasteiger charge is 2.19. The van der Waals surface area contributed by atoms with Gasteiger partial charge < -0.3 is 9.52 Å². The molecule has 1 aromatic carbocycles. The van der Waals surface area contributed by atoms with Crippen molar-refractivity contribution < 1.29 is 14.3 Å². The van der Waals surface area contributed by atoms with Crippen LogP contribution in [-0.2, 0) is 6.42 Å². The van der Waals surface area contributed by atoms with Crippen molar-refractivity contribution in [2.45, 2.75) is 13.3 Å². The lowest BCUT2D eigenvalue weighted by molar-refractivity contribution is 0.0662. The molecular weight excluding hydrogens is 368 g/mol. The number of carboxylic acid groups (broad SMARTS) is 1. The Morgan fingerprint density at radius 3 is 2.78 bits per heavy atom. The Morgan fingerprint density at radius 1 is 1.56 bits per heavy atom. The molecule has 0 saturated carbocycles. The molecule has 0 fully saturated rings. The molecule has 2 rings (SSSR count). The van der Waals surface area contributed by atoms with Crippen LogP contribution in [-0.4, -0.2) is 16.1 Å². The van der Waals surface area contributed by atoms with Crippen molar-refractivity contribution in [1.29, 1.82) is 0 Å². The number of benzene rings is 1. The fourth-order valence-corrected chi connectivity index (χ4v) is 2.03. The van der Waals surface area contributed by atoms with Gasteiger partial charge in [0.05, 0.1) is 10.7 Å². The zero-order valence-electron chi connectivity index (χ0n) is 9.41. The van der Waals surface area contributed by atoms with Gasteiger partial charge in [0, 0.05) is 9.13 Å². The van der Waals surface area contributed by atoms with Crippen LogP contribution in [0.4, 0.5) is 0 Å². The van der Waals surface area contributed by atoms with Gasteiger partial charge in [-0.05, 0) is 47.2 Å². The highest BCUT2D eigenvalue weighted by Crippen LogP contribution is 2.27. The molecule has 0 amide bonds. The van der Waals surface area contributed by atoms with Crippen molar-refractivity contribution in [2.24, 2.45) is 0 Å². The fourth-order valence-electron chi connectivity index (χ4n) is 1.51. The summed E-state index contributed by atoms with van der Waals surface area (Å²) in [7, 11) is 0. The predicted molar refractivity (Wildman–Crippen MR) is 76.0 cm³/mol. The van der Waals surface area contributed by atoms with Gasteiger partial charge in [-0.3, -0.25) is 0 Å². The number of aryl methyl sites for hydroxylation is 1. The van der Waals surface area contributed by atoms with Crippen LogP contribution in [0.15, 0.2) is 22.6 Å². The Balaban J connectivity index is 2.50. The topological polar surface area (TPSA) is 63.3 Å². The van der Waals surface area contributed by atoms with E-state index in [9.17, 15) is 4.79 Å². The Bertz CT molecular complexity index is 609. The summed E-state index contributed by atoms with van der Waals surface area (Å²) in [5.74, 6) is -0.938. The van der Waals surface area contributed by atoms with E-state index in [1.54, 1.807) is 12.1 Å². The van der Waals surface area contributed by atoms with Crippen molar-refractivity contribution in [3.8, 4) is 11.5 Å². The van der Waals surface area contributed by atoms with Gasteiger partial charge in [-0.2, -0.15) is 0 Å². The van der Waals surface area contributed by atoms with Crippen LogP contribution in [0.3, 0.4) is 0 Å². The number of rotatable bonds is 3. The second-order valence-corrected chi connectivity index (χ2v) is 5.15. The quantitative estimate of drug-likeness (QED) is 0.825. The smallest absolute Gasteiger partial charge is 0.373 e. The van der Waals surface area contributed by atoms with Crippen molar-refractivity contribution in [1.82, 2.24) is 4.98 Å². The molecule has 0 unspecified atom stereocenters. The highest BCUT2D eigenvalue weighted by molar-refractivity contribution is 14.1. The van der Waals surface area contributed by atoms with Crippen molar-refractivity contribution in [3.63, 3.8) is 0 Å². The maximum absolute atomic E-state index is 11.0. The van der Waals surface area contributed by atoms with Gasteiger partial charge in [0.1, 0.15) is 0 Å². The summed E-state index contributed by atoms with van der Waals surface area (Å²) in [5, 5.41) is 9.58. The molecular formula is C12H9ClINO3. The Hall–Kier alpha value is -1.08. The van der Waals surface area contributed by atoms with Crippen molar-refractivity contribution in [2.75, 3.05) is 0 Å². The molecule has 0 aliphatic rings. The molecule has 0 saturated heterocycles. The minimum Gasteiger partial charge on any atom is -0.475 e. The van der Waals surface area contributed by atoms with Crippen molar-refractivity contribution in [3.05, 3.63) is 38.2 Å². The second-order valence-electron chi connectivity index (χ2n) is 3.58. The molecule has 1 aromatic heterocycles. The largest absolute Gasteiger partial charge is 0.475 e. The Morgan fingerprint density at radius 2 is 2.28 bits per heavy atom. The van der Waals surface area contributed by atoms with Crippen LogP contribution in [0.1, 0.15) is 23.2 Å². The molecule has 18 heavy (non-hydrogen) atoms. The zero-order valence-corrected chi connectivity index (χ0v) is 12.3. The van der Waals surface area contributed by atoms with E-state index in [-0.39, 0.29) is 11.7 Å². The zero-order chi connectivity index (χ0) is 13.3. The van der Waals surface area contributed by atoms with Crippen LogP contribution in [0.5, 0.6) is 0 Å². The lowest BCUT2D eigenvalue weighted by Gasteiger charge is -1.98. The number of oxazole rings is 1. The molecule has 6 heteroatoms. The molecule has 0 aliphatic heterocycles. The first-order valence-electron chi connectivity index (χ1n) is 5.21. The van der Waals surface area contributed by atoms with E-state index >= 15 is 0 Å². The fraction of sp³-hybridized carbons (Fsp3) is 0.167. The van der Waals surface area contributed by atoms with Gasteiger partial charge in [-0.25, -0.2) is 9.78 Å². The minimum atomic E-state index is -1.11. The first kappa shape index (κ1) is 13.4. The van der Waals surface area contributed by atoms with Gasteiger partial charge >= 0.3 is 5.97 Å². The maximum atomic E-state index is 11.0. The SMILES string of the molecule is CCc1nc(-c2ccc(I)c(Cl)c2)oc1C(=O)O. The van der Waals surface area contributed by atoms with E-state index in [1.807, 2.05) is 13.0 Å². The first-order chi connectivity index (χ1) is 8.52. The number of hydrogen-bond donors (Lipinski definition) is 1. The predicted octanol–water partition coefficient (Wildman–Crippen LogP) is 3.86. The van der Waals surface area contributed by atoms with E-state index in [4.69, 9.17) is 21.1 Å². The van der Waals surface area contributed by atoms with E-state index in [1.165, 1.54) is 0 Å². The van der Waals surface area contributed by atoms with Crippen LogP contribution < -0.4 is 0 Å². The third-order valence-corrected chi connectivity index (χ3v) is 3.97. The second kappa shape index (κ2) is 5.27. The molecule has 1 N–H and O–H groups in total. The summed E-state index contributed by atoms with van der Waals surface area (Å²) >= 11 is 8.13. The van der Waals surface area contributed by atoms with Crippen LogP contribution in [0.25, 0.3) is 11.5 Å². The van der Waals surface area contributed by atoms with Gasteiger partial charge in [0.2, 0.25) is 11.7 Å². The summed E-state index contributed by atoms with van der Waals surface area (Å²) in [6.07, 6.45) is 0.503. The normalized spacial score (nSPS) is 10.6. The molecule has 0 spiro atoms. The summed E-state index contributed by atoms with van der Waals surface area (Å²) < 4.78 is 6.19. The van der Waals surface area contributed by atoms with E-state index in [0.29, 0.717) is 22.7 Å². The number of aromatic carboxylic acids is 1. The van der Waals surface area contributed by atoms with E-state index < -0.39 is 5.97 Å². The van der Waals surface area contributed by atoms with Crippen LogP contribution >= 0.6 is 34.2 Å². The Labute approximate surface area is 122 Å². The standard InChI is InChI=1S/C12H9ClINO3/c1-2-9-10(12(16)17)18-11(15-9)6-3-4-8(14)7(13)5-6/h3-5H,2H2,1H3,(H,16,17). The number of aromatic nitrogens is 1. The molecule has 1 heterocycles. The third kappa shape index (κ3) is 2.51. The first-order valence-corrected chi connectivity index (χ1v) is 6.67. The molecule has 4 nitrogen and oxygen atoms in total. The maximum Gasteiger partial charge on any atom is 0.373 e. The summed E-state index contributed by atoms with van der Waals surface area (Å²) in [5.41, 5.74) is 1.11. The summed E-state index contributed by atoms with van der Waals surface area (Å²) in [6.45, 7) is 1.83. The number of carbonyl (C=O) groups is 1. The Kier molecular flexibility index (Phi) is 3.91. The number of carboxylic acids is 1. The molecule has 2 aromatic rings. The molecule has 0 bridgehead atoms. The minimum absolute atomic E-state index is 0.109. The third-order valence-electron chi connectivity index (χ3n) is 2.39. The molecule has 94 valence electrons. The molecule has 0 radical (unpaired) electrons. The monoisotopic (exact) mass is 377 g/mol. The van der Waals surface area contributed by atoms with Gasteiger partial charge in [-0.15, -0.1) is 0 Å². The van der Waals surface area contributed by atoms with Gasteiger partial charge in [-0.1, -0.05) is 18.5 Å². The number of halogens is 2. The number of hydrogen-bond acceptors (Lipinski definition) is 3. The van der Waals surface area contributed by atoms with Crippen LogP contribution in [0, 0.1) is 3.57 Å². The van der Waals surface area contributed by atoms with Crippen molar-refractivity contribution >= 4 is 40.2 Å². The average molecular weight is 378 g/mol. The van der Waals surface area contributed by atoms with Gasteiger partial charge in [0.25, 0.3) is 0 Å².